The van der Waals surface area contributed by atoms with Crippen LogP contribution in [0.3, 0.4) is 0 Å². The summed E-state index contributed by atoms with van der Waals surface area (Å²) in [6.45, 7) is 4.47. The molecule has 0 atom stereocenters. The van der Waals surface area contributed by atoms with E-state index in [0.717, 1.165) is 29.0 Å². The van der Waals surface area contributed by atoms with Gasteiger partial charge in [-0.25, -0.2) is 4.98 Å². The molecule has 0 aliphatic carbocycles. The maximum atomic E-state index is 12.1. The minimum Gasteiger partial charge on any atom is -0.441 e. The van der Waals surface area contributed by atoms with Gasteiger partial charge in [-0.3, -0.25) is 4.79 Å². The molecule has 28 heavy (non-hydrogen) atoms. The number of hydrogen-bond acceptors (Lipinski definition) is 4. The summed E-state index contributed by atoms with van der Waals surface area (Å²) < 4.78 is 5.81. The van der Waals surface area contributed by atoms with E-state index >= 15 is 0 Å². The second kappa shape index (κ2) is 9.80. The lowest BCUT2D eigenvalue weighted by Crippen LogP contribution is -2.24. The zero-order valence-corrected chi connectivity index (χ0v) is 17.6. The first-order valence-corrected chi connectivity index (χ1v) is 10.7. The first-order valence-electron chi connectivity index (χ1n) is 9.20. The molecule has 0 aliphatic rings. The van der Waals surface area contributed by atoms with Crippen LogP contribution in [0, 0.1) is 6.92 Å². The Morgan fingerprint density at radius 2 is 1.93 bits per heavy atom. The second-order valence-corrected chi connectivity index (χ2v) is 7.83. The van der Waals surface area contributed by atoms with Gasteiger partial charge in [0.25, 0.3) is 0 Å². The highest BCUT2D eigenvalue weighted by atomic mass is 35.5. The maximum Gasteiger partial charge on any atom is 0.230 e. The topological polar surface area (TPSA) is 55.1 Å². The SMILES string of the molecule is CCc1ccc(-c2nc(CSCC(=O)NCc3ccccc3Cl)c(C)o2)cc1. The van der Waals surface area contributed by atoms with Crippen LogP contribution in [0.15, 0.2) is 52.9 Å². The van der Waals surface area contributed by atoms with E-state index in [1.54, 1.807) is 0 Å². The van der Waals surface area contributed by atoms with Crippen LogP contribution < -0.4 is 5.32 Å². The Bertz CT molecular complexity index is 938. The maximum absolute atomic E-state index is 12.1. The summed E-state index contributed by atoms with van der Waals surface area (Å²) in [5.41, 5.74) is 4.03. The smallest absolute Gasteiger partial charge is 0.230 e. The Balaban J connectivity index is 1.50. The number of nitrogens with one attached hydrogen (secondary N) is 1. The van der Waals surface area contributed by atoms with Crippen molar-refractivity contribution in [2.45, 2.75) is 32.6 Å². The Hall–Kier alpha value is -2.24. The molecule has 0 radical (unpaired) electrons. The van der Waals surface area contributed by atoms with Crippen LogP contribution in [0.2, 0.25) is 5.02 Å². The normalized spacial score (nSPS) is 10.8. The number of thioether (sulfide) groups is 1. The zero-order chi connectivity index (χ0) is 19.9. The molecular weight excluding hydrogens is 392 g/mol. The van der Waals surface area contributed by atoms with E-state index in [0.29, 0.717) is 29.0 Å². The summed E-state index contributed by atoms with van der Waals surface area (Å²) in [5, 5.41) is 3.55. The largest absolute Gasteiger partial charge is 0.441 e. The van der Waals surface area contributed by atoms with Crippen LogP contribution in [0.1, 0.15) is 29.5 Å². The van der Waals surface area contributed by atoms with Crippen molar-refractivity contribution in [3.05, 3.63) is 76.1 Å². The Morgan fingerprint density at radius 1 is 1.18 bits per heavy atom. The molecule has 2 aromatic carbocycles. The number of hydrogen-bond donors (Lipinski definition) is 1. The van der Waals surface area contributed by atoms with Gasteiger partial charge in [0.1, 0.15) is 5.76 Å². The minimum absolute atomic E-state index is 0.0264. The van der Waals surface area contributed by atoms with Crippen LogP contribution in [0.25, 0.3) is 11.5 Å². The number of aryl methyl sites for hydroxylation is 2. The van der Waals surface area contributed by atoms with Gasteiger partial charge in [0, 0.05) is 22.9 Å². The van der Waals surface area contributed by atoms with E-state index in [4.69, 9.17) is 16.0 Å². The molecule has 3 aromatic rings. The van der Waals surface area contributed by atoms with E-state index in [9.17, 15) is 4.79 Å². The summed E-state index contributed by atoms with van der Waals surface area (Å²) in [7, 11) is 0. The van der Waals surface area contributed by atoms with E-state index in [-0.39, 0.29) is 5.91 Å². The number of nitrogens with zero attached hydrogens (tertiary/aromatic N) is 1. The van der Waals surface area contributed by atoms with Crippen molar-refractivity contribution in [2.24, 2.45) is 0 Å². The fraction of sp³-hybridized carbons (Fsp3) is 0.273. The van der Waals surface area contributed by atoms with Gasteiger partial charge in [-0.15, -0.1) is 11.8 Å². The number of halogens is 1. The molecule has 4 nitrogen and oxygen atoms in total. The van der Waals surface area contributed by atoms with E-state index in [1.165, 1.54) is 17.3 Å². The molecule has 6 heteroatoms. The van der Waals surface area contributed by atoms with Crippen molar-refractivity contribution < 1.29 is 9.21 Å². The van der Waals surface area contributed by atoms with Crippen molar-refractivity contribution in [3.63, 3.8) is 0 Å². The number of aromatic nitrogens is 1. The van der Waals surface area contributed by atoms with Crippen molar-refractivity contribution in [3.8, 4) is 11.5 Å². The molecule has 0 aliphatic heterocycles. The first-order chi connectivity index (χ1) is 13.6. The van der Waals surface area contributed by atoms with E-state index in [1.807, 2.05) is 43.3 Å². The van der Waals surface area contributed by atoms with Gasteiger partial charge in [0.2, 0.25) is 11.8 Å². The standard InChI is InChI=1S/C22H23ClN2O2S/c1-3-16-8-10-17(11-9-16)22-25-20(15(2)27-22)13-28-14-21(26)24-12-18-6-4-5-7-19(18)23/h4-11H,3,12-14H2,1-2H3,(H,24,26). The highest BCUT2D eigenvalue weighted by molar-refractivity contribution is 7.99. The van der Waals surface area contributed by atoms with Gasteiger partial charge in [-0.1, -0.05) is 48.9 Å². The van der Waals surface area contributed by atoms with Crippen LogP contribution in [-0.4, -0.2) is 16.6 Å². The lowest BCUT2D eigenvalue weighted by Gasteiger charge is -2.06. The quantitative estimate of drug-likeness (QED) is 0.535. The van der Waals surface area contributed by atoms with Gasteiger partial charge < -0.3 is 9.73 Å². The molecule has 0 unspecified atom stereocenters. The third-order valence-corrected chi connectivity index (χ3v) is 5.72. The molecule has 3 rings (SSSR count). The third kappa shape index (κ3) is 5.40. The van der Waals surface area contributed by atoms with E-state index < -0.39 is 0 Å². The van der Waals surface area contributed by atoms with Gasteiger partial charge in [0.05, 0.1) is 11.4 Å². The van der Waals surface area contributed by atoms with Crippen LogP contribution in [0.5, 0.6) is 0 Å². The van der Waals surface area contributed by atoms with Gasteiger partial charge in [-0.2, -0.15) is 0 Å². The molecule has 1 aromatic heterocycles. The number of carbonyl (C=O) groups excluding carboxylic acids is 1. The molecule has 0 saturated heterocycles. The number of carbonyl (C=O) groups is 1. The Kier molecular flexibility index (Phi) is 7.18. The molecule has 1 amide bonds. The average Bonchev–Trinajstić information content (AvgIpc) is 3.08. The molecule has 146 valence electrons. The second-order valence-electron chi connectivity index (χ2n) is 6.43. The van der Waals surface area contributed by atoms with Crippen LogP contribution in [-0.2, 0) is 23.5 Å². The highest BCUT2D eigenvalue weighted by Crippen LogP contribution is 2.24. The first kappa shape index (κ1) is 20.5. The summed E-state index contributed by atoms with van der Waals surface area (Å²) >= 11 is 7.62. The molecule has 0 spiro atoms. The summed E-state index contributed by atoms with van der Waals surface area (Å²) in [4.78, 5) is 16.7. The molecule has 0 fully saturated rings. The van der Waals surface area contributed by atoms with Crippen molar-refractivity contribution in [2.75, 3.05) is 5.75 Å². The molecule has 0 saturated carbocycles. The molecular formula is C22H23ClN2O2S. The lowest BCUT2D eigenvalue weighted by atomic mass is 10.1. The predicted octanol–water partition coefficient (Wildman–Crippen LogP) is 5.42. The average molecular weight is 415 g/mol. The summed E-state index contributed by atoms with van der Waals surface area (Å²) in [6.07, 6.45) is 1.01. The number of rotatable bonds is 8. The predicted molar refractivity (Wildman–Crippen MR) is 116 cm³/mol. The number of benzene rings is 2. The Morgan fingerprint density at radius 3 is 2.64 bits per heavy atom. The van der Waals surface area contributed by atoms with Crippen LogP contribution >= 0.6 is 23.4 Å². The van der Waals surface area contributed by atoms with Crippen molar-refractivity contribution in [1.29, 1.82) is 0 Å². The molecule has 1 heterocycles. The highest BCUT2D eigenvalue weighted by Gasteiger charge is 2.12. The Labute approximate surface area is 174 Å². The van der Waals surface area contributed by atoms with E-state index in [2.05, 4.69) is 29.4 Å². The lowest BCUT2D eigenvalue weighted by molar-refractivity contribution is -0.118. The molecule has 1 N–H and O–H groups in total. The van der Waals surface area contributed by atoms with Gasteiger partial charge >= 0.3 is 0 Å². The third-order valence-electron chi connectivity index (χ3n) is 4.41. The minimum atomic E-state index is -0.0264. The van der Waals surface area contributed by atoms with Gasteiger partial charge in [0.15, 0.2) is 0 Å². The van der Waals surface area contributed by atoms with Crippen molar-refractivity contribution in [1.82, 2.24) is 10.3 Å². The fourth-order valence-electron chi connectivity index (χ4n) is 2.70. The van der Waals surface area contributed by atoms with Gasteiger partial charge in [-0.05, 0) is 42.7 Å². The monoisotopic (exact) mass is 414 g/mol. The number of oxazole rings is 1. The zero-order valence-electron chi connectivity index (χ0n) is 16.0. The summed E-state index contributed by atoms with van der Waals surface area (Å²) in [6, 6.07) is 15.7. The number of amides is 1. The fourth-order valence-corrected chi connectivity index (χ4v) is 3.75. The summed E-state index contributed by atoms with van der Waals surface area (Å²) in [5.74, 6) is 2.37. The van der Waals surface area contributed by atoms with Crippen molar-refractivity contribution >= 4 is 29.3 Å². The van der Waals surface area contributed by atoms with Crippen LogP contribution in [0.4, 0.5) is 0 Å². The molecule has 0 bridgehead atoms.